The highest BCUT2D eigenvalue weighted by Crippen LogP contribution is 2.56. The molecule has 3 nitrogen and oxygen atoms in total. The summed E-state index contributed by atoms with van der Waals surface area (Å²) in [5.74, 6) is 0.268. The second kappa shape index (κ2) is 2.81. The number of ether oxygens (including phenoxy) is 1. The van der Waals surface area contributed by atoms with Gasteiger partial charge in [0.2, 0.25) is 0 Å². The summed E-state index contributed by atoms with van der Waals surface area (Å²) >= 11 is 0. The van der Waals surface area contributed by atoms with E-state index < -0.39 is 5.60 Å². The van der Waals surface area contributed by atoms with Crippen LogP contribution in [0.2, 0.25) is 0 Å². The van der Waals surface area contributed by atoms with Crippen LogP contribution >= 0.6 is 0 Å². The molecule has 2 saturated carbocycles. The molecule has 0 radical (unpaired) electrons. The van der Waals surface area contributed by atoms with E-state index in [1.165, 1.54) is 0 Å². The Morgan fingerprint density at radius 1 is 1.43 bits per heavy atom. The van der Waals surface area contributed by atoms with Gasteiger partial charge >= 0.3 is 5.97 Å². The third-order valence-corrected chi connectivity index (χ3v) is 2.94. The molecule has 0 aromatic carbocycles. The summed E-state index contributed by atoms with van der Waals surface area (Å²) in [7, 11) is 0. The Labute approximate surface area is 83.8 Å². The molecule has 0 aromatic heterocycles. The minimum absolute atomic E-state index is 0.00449. The summed E-state index contributed by atoms with van der Waals surface area (Å²) < 4.78 is 5.26. The fraction of sp³-hybridized carbons (Fsp3) is 0.818. The van der Waals surface area contributed by atoms with Gasteiger partial charge in [-0.25, -0.2) is 0 Å². The van der Waals surface area contributed by atoms with E-state index in [9.17, 15) is 9.59 Å². The lowest BCUT2D eigenvalue weighted by atomic mass is 10.1. The van der Waals surface area contributed by atoms with Crippen LogP contribution in [-0.2, 0) is 14.3 Å². The van der Waals surface area contributed by atoms with E-state index >= 15 is 0 Å². The van der Waals surface area contributed by atoms with E-state index in [-0.39, 0.29) is 23.6 Å². The predicted molar refractivity (Wildman–Crippen MR) is 50.6 cm³/mol. The maximum absolute atomic E-state index is 11.6. The van der Waals surface area contributed by atoms with Crippen LogP contribution in [0.4, 0.5) is 0 Å². The molecule has 2 aliphatic carbocycles. The van der Waals surface area contributed by atoms with Crippen LogP contribution in [0.15, 0.2) is 0 Å². The van der Waals surface area contributed by atoms with Crippen molar-refractivity contribution in [3.8, 4) is 0 Å². The molecule has 0 spiro atoms. The molecule has 2 fully saturated rings. The van der Waals surface area contributed by atoms with Crippen LogP contribution in [0.3, 0.4) is 0 Å². The Morgan fingerprint density at radius 3 is 2.50 bits per heavy atom. The van der Waals surface area contributed by atoms with Gasteiger partial charge in [0.05, 0.1) is 5.92 Å². The summed E-state index contributed by atoms with van der Waals surface area (Å²) in [6.07, 6.45) is 1.54. The monoisotopic (exact) mass is 196 g/mol. The van der Waals surface area contributed by atoms with Crippen molar-refractivity contribution in [3.63, 3.8) is 0 Å². The Morgan fingerprint density at radius 2 is 2.07 bits per heavy atom. The van der Waals surface area contributed by atoms with Crippen LogP contribution in [0.5, 0.6) is 0 Å². The molecule has 78 valence electrons. The van der Waals surface area contributed by atoms with Crippen LogP contribution in [0.25, 0.3) is 0 Å². The maximum atomic E-state index is 11.6. The van der Waals surface area contributed by atoms with Crippen molar-refractivity contribution in [2.45, 2.75) is 39.2 Å². The number of rotatable bonds is 1. The van der Waals surface area contributed by atoms with Crippen molar-refractivity contribution >= 4 is 11.8 Å². The van der Waals surface area contributed by atoms with Crippen LogP contribution in [0.1, 0.15) is 33.6 Å². The fourth-order valence-corrected chi connectivity index (χ4v) is 2.34. The van der Waals surface area contributed by atoms with Crippen molar-refractivity contribution < 1.29 is 14.3 Å². The second-order valence-corrected chi connectivity index (χ2v) is 5.25. The fourth-order valence-electron chi connectivity index (χ4n) is 2.34. The first-order chi connectivity index (χ1) is 6.40. The second-order valence-electron chi connectivity index (χ2n) is 5.25. The Kier molecular flexibility index (Phi) is 1.95. The van der Waals surface area contributed by atoms with Gasteiger partial charge in [0, 0.05) is 12.3 Å². The third kappa shape index (κ3) is 1.56. The first-order valence-electron chi connectivity index (χ1n) is 5.16. The Balaban J connectivity index is 1.94. The summed E-state index contributed by atoms with van der Waals surface area (Å²) in [6.45, 7) is 5.56. The Hall–Kier alpha value is -0.860. The quantitative estimate of drug-likeness (QED) is 0.598. The molecule has 3 heteroatoms. The van der Waals surface area contributed by atoms with Crippen molar-refractivity contribution in [1.82, 2.24) is 0 Å². The lowest BCUT2D eigenvalue weighted by molar-refractivity contribution is -0.158. The van der Waals surface area contributed by atoms with Gasteiger partial charge in [-0.2, -0.15) is 0 Å². The zero-order valence-corrected chi connectivity index (χ0v) is 8.87. The van der Waals surface area contributed by atoms with E-state index in [1.54, 1.807) is 0 Å². The standard InChI is InChI=1S/C11H16O3/c1-11(2,3)14-10(13)9-6-4-5-7(12)8(6)9/h6,8-9H,4-5H2,1-3H3/t6-,8-,9?/m1/s1. The van der Waals surface area contributed by atoms with Crippen molar-refractivity contribution in [1.29, 1.82) is 0 Å². The first-order valence-corrected chi connectivity index (χ1v) is 5.16. The highest BCUT2D eigenvalue weighted by atomic mass is 16.6. The normalized spacial score (nSPS) is 35.4. The number of hydrogen-bond acceptors (Lipinski definition) is 3. The number of ketones is 1. The molecule has 14 heavy (non-hydrogen) atoms. The molecule has 1 unspecified atom stereocenters. The van der Waals surface area contributed by atoms with Crippen molar-refractivity contribution in [3.05, 3.63) is 0 Å². The van der Waals surface area contributed by atoms with Crippen LogP contribution < -0.4 is 0 Å². The average molecular weight is 196 g/mol. The molecular formula is C11H16O3. The number of fused-ring (bicyclic) bond motifs is 1. The van der Waals surface area contributed by atoms with E-state index in [1.807, 2.05) is 20.8 Å². The van der Waals surface area contributed by atoms with Gasteiger partial charge < -0.3 is 4.74 Å². The molecule has 0 saturated heterocycles. The summed E-state index contributed by atoms with van der Waals surface area (Å²) in [5, 5.41) is 0. The molecule has 2 aliphatic rings. The van der Waals surface area contributed by atoms with Crippen molar-refractivity contribution in [2.75, 3.05) is 0 Å². The minimum Gasteiger partial charge on any atom is -0.460 e. The molecule has 0 N–H and O–H groups in total. The largest absolute Gasteiger partial charge is 0.460 e. The van der Waals surface area contributed by atoms with Crippen molar-refractivity contribution in [2.24, 2.45) is 17.8 Å². The molecule has 0 bridgehead atoms. The van der Waals surface area contributed by atoms with Gasteiger partial charge in [-0.1, -0.05) is 0 Å². The maximum Gasteiger partial charge on any atom is 0.310 e. The van der Waals surface area contributed by atoms with E-state index in [2.05, 4.69) is 0 Å². The lowest BCUT2D eigenvalue weighted by Gasteiger charge is -2.19. The van der Waals surface area contributed by atoms with Gasteiger partial charge in [-0.15, -0.1) is 0 Å². The van der Waals surface area contributed by atoms with Crippen LogP contribution in [0, 0.1) is 17.8 Å². The number of esters is 1. The number of hydrogen-bond donors (Lipinski definition) is 0. The predicted octanol–water partition coefficient (Wildman–Crippen LogP) is 1.55. The van der Waals surface area contributed by atoms with Crippen LogP contribution in [-0.4, -0.2) is 17.4 Å². The van der Waals surface area contributed by atoms with E-state index in [0.717, 1.165) is 6.42 Å². The zero-order valence-electron chi connectivity index (χ0n) is 8.87. The third-order valence-electron chi connectivity index (χ3n) is 2.94. The highest BCUT2D eigenvalue weighted by Gasteiger charge is 2.62. The molecule has 0 heterocycles. The smallest absolute Gasteiger partial charge is 0.310 e. The first kappa shape index (κ1) is 9.69. The summed E-state index contributed by atoms with van der Waals surface area (Å²) in [6, 6.07) is 0. The number of carbonyl (C=O) groups is 2. The molecule has 0 aromatic rings. The topological polar surface area (TPSA) is 43.4 Å². The van der Waals surface area contributed by atoms with Gasteiger partial charge in [-0.05, 0) is 33.1 Å². The summed E-state index contributed by atoms with van der Waals surface area (Å²) in [5.41, 5.74) is -0.434. The van der Waals surface area contributed by atoms with E-state index in [0.29, 0.717) is 12.3 Å². The minimum atomic E-state index is -0.434. The molecular weight excluding hydrogens is 180 g/mol. The number of Topliss-reactive ketones (excluding diaryl/α,β-unsaturated/α-hetero) is 1. The Bertz CT molecular complexity index is 287. The molecule has 0 aliphatic heterocycles. The number of carbonyl (C=O) groups excluding carboxylic acids is 2. The summed E-state index contributed by atoms with van der Waals surface area (Å²) in [4.78, 5) is 22.9. The zero-order chi connectivity index (χ0) is 10.5. The van der Waals surface area contributed by atoms with Gasteiger partial charge in [0.25, 0.3) is 0 Å². The lowest BCUT2D eigenvalue weighted by Crippen LogP contribution is -2.26. The van der Waals surface area contributed by atoms with Gasteiger partial charge in [-0.3, -0.25) is 9.59 Å². The molecule has 3 atom stereocenters. The SMILES string of the molecule is CC(C)(C)OC(=O)C1[C@H]2C(=O)CC[C@@H]12. The molecule has 0 amide bonds. The molecule has 2 rings (SSSR count). The van der Waals surface area contributed by atoms with Gasteiger partial charge in [0.1, 0.15) is 11.4 Å². The average Bonchev–Trinajstić information content (AvgIpc) is 2.61. The van der Waals surface area contributed by atoms with Gasteiger partial charge in [0.15, 0.2) is 0 Å². The highest BCUT2D eigenvalue weighted by molar-refractivity contribution is 5.94. The van der Waals surface area contributed by atoms with E-state index in [4.69, 9.17) is 4.74 Å².